The van der Waals surface area contributed by atoms with E-state index in [-0.39, 0.29) is 29.4 Å². The van der Waals surface area contributed by atoms with Crippen molar-refractivity contribution in [3.05, 3.63) is 23.5 Å². The van der Waals surface area contributed by atoms with Gasteiger partial charge < -0.3 is 21.5 Å². The minimum atomic E-state index is -1.26. The highest BCUT2D eigenvalue weighted by atomic mass is 19.1. The number of amides is 1. The molecule has 5 N–H and O–H groups in total. The van der Waals surface area contributed by atoms with E-state index in [0.717, 1.165) is 12.1 Å². The molecule has 0 fully saturated rings. The van der Waals surface area contributed by atoms with Gasteiger partial charge in [-0.05, 0) is 18.1 Å². The van der Waals surface area contributed by atoms with Crippen LogP contribution in [0.3, 0.4) is 0 Å². The normalized spacial score (nSPS) is 10.6. The standard InChI is InChI=1S/C13H18FN3O3/c1-7(2)5-17(6-12(16)18)11-3-8(13(19)20)10(15)4-9(11)14/h3-4,7H,5-6,15H2,1-2H3,(H2,16,18)(H,19,20). The monoisotopic (exact) mass is 283 g/mol. The van der Waals surface area contributed by atoms with Crippen LogP contribution in [0.4, 0.5) is 15.8 Å². The minimum absolute atomic E-state index is 0.00380. The number of hydrogen-bond acceptors (Lipinski definition) is 4. The lowest BCUT2D eigenvalue weighted by Crippen LogP contribution is -2.37. The van der Waals surface area contributed by atoms with Gasteiger partial charge in [-0.3, -0.25) is 4.79 Å². The predicted molar refractivity (Wildman–Crippen MR) is 74.0 cm³/mol. The van der Waals surface area contributed by atoms with Gasteiger partial charge in [-0.1, -0.05) is 13.8 Å². The number of aromatic carboxylic acids is 1. The number of nitrogens with two attached hydrogens (primary N) is 2. The summed E-state index contributed by atoms with van der Waals surface area (Å²) in [5.74, 6) is -2.43. The Balaban J connectivity index is 3.27. The largest absolute Gasteiger partial charge is 0.478 e. The summed E-state index contributed by atoms with van der Waals surface area (Å²) in [4.78, 5) is 23.5. The Labute approximate surface area is 116 Å². The highest BCUT2D eigenvalue weighted by molar-refractivity contribution is 5.95. The van der Waals surface area contributed by atoms with Crippen LogP contribution in [0.1, 0.15) is 24.2 Å². The van der Waals surface area contributed by atoms with E-state index in [4.69, 9.17) is 16.6 Å². The number of carboxylic acids is 1. The Morgan fingerprint density at radius 3 is 2.45 bits per heavy atom. The Kier molecular flexibility index (Phi) is 4.90. The van der Waals surface area contributed by atoms with Crippen LogP contribution >= 0.6 is 0 Å². The van der Waals surface area contributed by atoms with Crippen LogP contribution in [0, 0.1) is 11.7 Å². The number of carbonyl (C=O) groups excluding carboxylic acids is 1. The smallest absolute Gasteiger partial charge is 0.337 e. The van der Waals surface area contributed by atoms with Crippen molar-refractivity contribution in [1.82, 2.24) is 0 Å². The van der Waals surface area contributed by atoms with Crippen molar-refractivity contribution in [1.29, 1.82) is 0 Å². The molecule has 6 nitrogen and oxygen atoms in total. The van der Waals surface area contributed by atoms with E-state index in [1.807, 2.05) is 13.8 Å². The average molecular weight is 283 g/mol. The number of anilines is 2. The van der Waals surface area contributed by atoms with Crippen LogP contribution in [0.5, 0.6) is 0 Å². The van der Waals surface area contributed by atoms with Crippen LogP contribution in [-0.4, -0.2) is 30.1 Å². The molecule has 1 aromatic carbocycles. The molecule has 0 saturated carbocycles. The average Bonchev–Trinajstić information content (AvgIpc) is 2.26. The Hall–Kier alpha value is -2.31. The first-order chi connectivity index (χ1) is 9.22. The van der Waals surface area contributed by atoms with Crippen LogP contribution in [0.2, 0.25) is 0 Å². The molecule has 20 heavy (non-hydrogen) atoms. The number of hydrogen-bond donors (Lipinski definition) is 3. The van der Waals surface area contributed by atoms with Gasteiger partial charge in [-0.2, -0.15) is 0 Å². The van der Waals surface area contributed by atoms with Crippen molar-refractivity contribution in [2.75, 3.05) is 23.7 Å². The first kappa shape index (κ1) is 15.7. The van der Waals surface area contributed by atoms with Gasteiger partial charge in [-0.15, -0.1) is 0 Å². The topological polar surface area (TPSA) is 110 Å². The molecule has 0 saturated heterocycles. The van der Waals surface area contributed by atoms with Crippen LogP contribution in [-0.2, 0) is 4.79 Å². The van der Waals surface area contributed by atoms with E-state index >= 15 is 0 Å². The van der Waals surface area contributed by atoms with Gasteiger partial charge in [0.2, 0.25) is 5.91 Å². The molecular formula is C13H18FN3O3. The predicted octanol–water partition coefficient (Wildman–Crippen LogP) is 1.05. The zero-order valence-corrected chi connectivity index (χ0v) is 11.4. The number of primary amides is 1. The number of nitrogens with zero attached hydrogens (tertiary/aromatic N) is 1. The van der Waals surface area contributed by atoms with E-state index in [1.54, 1.807) is 0 Å². The van der Waals surface area contributed by atoms with Crippen molar-refractivity contribution >= 4 is 23.3 Å². The Morgan fingerprint density at radius 2 is 2.00 bits per heavy atom. The fraction of sp³-hybridized carbons (Fsp3) is 0.385. The summed E-state index contributed by atoms with van der Waals surface area (Å²) in [7, 11) is 0. The summed E-state index contributed by atoms with van der Waals surface area (Å²) in [6.45, 7) is 3.95. The first-order valence-corrected chi connectivity index (χ1v) is 6.08. The lowest BCUT2D eigenvalue weighted by molar-refractivity contribution is -0.116. The van der Waals surface area contributed by atoms with Gasteiger partial charge >= 0.3 is 5.97 Å². The number of rotatable bonds is 6. The fourth-order valence-corrected chi connectivity index (χ4v) is 1.88. The molecule has 0 radical (unpaired) electrons. The molecule has 0 bridgehead atoms. The molecule has 1 rings (SSSR count). The number of benzene rings is 1. The Morgan fingerprint density at radius 1 is 1.40 bits per heavy atom. The zero-order valence-electron chi connectivity index (χ0n) is 11.4. The number of carbonyl (C=O) groups is 2. The van der Waals surface area contributed by atoms with Crippen LogP contribution in [0.25, 0.3) is 0 Å². The molecule has 110 valence electrons. The third kappa shape index (κ3) is 3.84. The molecule has 0 spiro atoms. The van der Waals surface area contributed by atoms with Crippen molar-refractivity contribution in [2.45, 2.75) is 13.8 Å². The molecule has 1 aromatic rings. The quantitative estimate of drug-likeness (QED) is 0.676. The second-order valence-corrected chi connectivity index (χ2v) is 4.94. The van der Waals surface area contributed by atoms with Crippen molar-refractivity contribution < 1.29 is 19.1 Å². The molecular weight excluding hydrogens is 265 g/mol. The number of halogens is 1. The molecule has 1 amide bonds. The molecule has 0 aliphatic rings. The maximum absolute atomic E-state index is 14.0. The lowest BCUT2D eigenvalue weighted by Gasteiger charge is -2.26. The van der Waals surface area contributed by atoms with E-state index in [1.165, 1.54) is 4.90 Å². The maximum atomic E-state index is 14.0. The zero-order chi connectivity index (χ0) is 15.4. The summed E-state index contributed by atoms with van der Waals surface area (Å²) in [5, 5.41) is 9.01. The molecule has 7 heteroatoms. The third-order valence-corrected chi connectivity index (χ3v) is 2.62. The number of nitrogen functional groups attached to an aromatic ring is 1. The van der Waals surface area contributed by atoms with E-state index in [2.05, 4.69) is 0 Å². The first-order valence-electron chi connectivity index (χ1n) is 6.08. The summed E-state index contributed by atoms with van der Waals surface area (Å²) in [6.07, 6.45) is 0. The minimum Gasteiger partial charge on any atom is -0.478 e. The SMILES string of the molecule is CC(C)CN(CC(N)=O)c1cc(C(=O)O)c(N)cc1F. The molecule has 0 heterocycles. The molecule has 0 aliphatic heterocycles. The molecule has 0 aromatic heterocycles. The fourth-order valence-electron chi connectivity index (χ4n) is 1.88. The van der Waals surface area contributed by atoms with Crippen molar-refractivity contribution in [3.63, 3.8) is 0 Å². The van der Waals surface area contributed by atoms with Crippen molar-refractivity contribution in [3.8, 4) is 0 Å². The molecule has 0 unspecified atom stereocenters. The lowest BCUT2D eigenvalue weighted by atomic mass is 10.1. The van der Waals surface area contributed by atoms with E-state index < -0.39 is 17.7 Å². The number of carboxylic acid groups (broad SMARTS) is 1. The van der Waals surface area contributed by atoms with Crippen LogP contribution < -0.4 is 16.4 Å². The summed E-state index contributed by atoms with van der Waals surface area (Å²) >= 11 is 0. The van der Waals surface area contributed by atoms with Gasteiger partial charge in [0, 0.05) is 12.2 Å². The van der Waals surface area contributed by atoms with Crippen LogP contribution in [0.15, 0.2) is 12.1 Å². The van der Waals surface area contributed by atoms with Crippen molar-refractivity contribution in [2.24, 2.45) is 11.7 Å². The van der Waals surface area contributed by atoms with Gasteiger partial charge in [0.1, 0.15) is 5.82 Å². The van der Waals surface area contributed by atoms with Gasteiger partial charge in [0.05, 0.1) is 17.8 Å². The second kappa shape index (κ2) is 6.23. The van der Waals surface area contributed by atoms with Gasteiger partial charge in [-0.25, -0.2) is 9.18 Å². The third-order valence-electron chi connectivity index (χ3n) is 2.62. The van der Waals surface area contributed by atoms with E-state index in [0.29, 0.717) is 6.54 Å². The molecule has 0 aliphatic carbocycles. The maximum Gasteiger partial charge on any atom is 0.337 e. The summed E-state index contributed by atoms with van der Waals surface area (Å²) in [6, 6.07) is 2.06. The Bertz CT molecular complexity index is 532. The summed E-state index contributed by atoms with van der Waals surface area (Å²) in [5.41, 5.74) is 10.2. The highest BCUT2D eigenvalue weighted by Crippen LogP contribution is 2.26. The van der Waals surface area contributed by atoms with E-state index in [9.17, 15) is 14.0 Å². The van der Waals surface area contributed by atoms with Gasteiger partial charge in [0.15, 0.2) is 0 Å². The van der Waals surface area contributed by atoms with Gasteiger partial charge in [0.25, 0.3) is 0 Å². The molecule has 0 atom stereocenters. The highest BCUT2D eigenvalue weighted by Gasteiger charge is 2.19. The second-order valence-electron chi connectivity index (χ2n) is 4.94. The summed E-state index contributed by atoms with van der Waals surface area (Å²) < 4.78 is 14.0.